The van der Waals surface area contributed by atoms with E-state index in [-0.39, 0.29) is 0 Å². The fraction of sp³-hybridized carbons (Fsp3) is 0.375. The molecule has 0 aliphatic heterocycles. The van der Waals surface area contributed by atoms with Gasteiger partial charge in [0, 0.05) is 13.0 Å². The highest BCUT2D eigenvalue weighted by Gasteiger charge is 2.11. The summed E-state index contributed by atoms with van der Waals surface area (Å²) in [4.78, 5) is 4.16. The molecule has 0 amide bonds. The number of aromatic nitrogens is 1. The van der Waals surface area contributed by atoms with Gasteiger partial charge in [0.15, 0.2) is 5.89 Å². The lowest BCUT2D eigenvalue weighted by atomic mass is 10.1. The molecule has 1 N–H and O–H groups in total. The summed E-state index contributed by atoms with van der Waals surface area (Å²) in [6, 6.07) is 9.97. The van der Waals surface area contributed by atoms with E-state index in [1.54, 1.807) is 7.11 Å². The largest absolute Gasteiger partial charge is 0.497 e. The van der Waals surface area contributed by atoms with Crippen molar-refractivity contribution >= 4 is 5.88 Å². The summed E-state index contributed by atoms with van der Waals surface area (Å²) in [5.41, 5.74) is 1.52. The van der Waals surface area contributed by atoms with Crippen LogP contribution in [0.1, 0.15) is 30.5 Å². The van der Waals surface area contributed by atoms with Crippen molar-refractivity contribution in [2.75, 3.05) is 19.0 Å². The van der Waals surface area contributed by atoms with Crippen LogP contribution >= 0.6 is 0 Å². The van der Waals surface area contributed by atoms with Crippen LogP contribution in [0.25, 0.3) is 0 Å². The molecule has 110 valence electrons. The van der Waals surface area contributed by atoms with E-state index in [0.29, 0.717) is 24.0 Å². The number of hydrogen-bond donors (Lipinski definition) is 1. The van der Waals surface area contributed by atoms with Crippen LogP contribution in [0.5, 0.6) is 5.75 Å². The molecule has 0 saturated heterocycles. The van der Waals surface area contributed by atoms with Crippen molar-refractivity contribution in [1.82, 2.24) is 4.98 Å². The molecule has 0 aliphatic carbocycles. The van der Waals surface area contributed by atoms with Gasteiger partial charge in [-0.3, -0.25) is 0 Å². The fourth-order valence-electron chi connectivity index (χ4n) is 1.99. The number of benzene rings is 1. The maximum Gasteiger partial charge on any atom is 0.232 e. The summed E-state index contributed by atoms with van der Waals surface area (Å²) in [7, 11) is 1.65. The van der Waals surface area contributed by atoms with Gasteiger partial charge in [0.25, 0.3) is 0 Å². The van der Waals surface area contributed by atoms with Gasteiger partial charge >= 0.3 is 0 Å². The third kappa shape index (κ3) is 3.99. The van der Waals surface area contributed by atoms with Gasteiger partial charge in [-0.2, -0.15) is 5.26 Å². The summed E-state index contributed by atoms with van der Waals surface area (Å²) < 4.78 is 10.7. The molecular formula is C16H19N3O2. The number of aryl methyl sites for hydroxylation is 1. The average Bonchev–Trinajstić information content (AvgIpc) is 2.90. The molecule has 0 unspecified atom stereocenters. The lowest BCUT2D eigenvalue weighted by molar-refractivity contribution is 0.414. The SMILES string of the molecule is CCCc1nc(C#N)c(NCCc2ccc(OC)cc2)o1. The lowest BCUT2D eigenvalue weighted by Gasteiger charge is -2.04. The predicted molar refractivity (Wildman–Crippen MR) is 80.4 cm³/mol. The van der Waals surface area contributed by atoms with E-state index in [2.05, 4.69) is 16.4 Å². The molecule has 0 atom stereocenters. The van der Waals surface area contributed by atoms with E-state index in [9.17, 15) is 0 Å². The van der Waals surface area contributed by atoms with Crippen LogP contribution in [-0.2, 0) is 12.8 Å². The van der Waals surface area contributed by atoms with Crippen molar-refractivity contribution in [2.24, 2.45) is 0 Å². The number of nitrogens with one attached hydrogen (secondary N) is 1. The maximum absolute atomic E-state index is 9.05. The summed E-state index contributed by atoms with van der Waals surface area (Å²) in [5.74, 6) is 1.92. The summed E-state index contributed by atoms with van der Waals surface area (Å²) in [6.07, 6.45) is 2.52. The van der Waals surface area contributed by atoms with E-state index in [1.165, 1.54) is 5.56 Å². The zero-order valence-corrected chi connectivity index (χ0v) is 12.3. The molecule has 2 aromatic rings. The second-order valence-electron chi connectivity index (χ2n) is 4.67. The Morgan fingerprint density at radius 3 is 2.67 bits per heavy atom. The minimum absolute atomic E-state index is 0.327. The first kappa shape index (κ1) is 14.9. The number of ether oxygens (including phenoxy) is 1. The highest BCUT2D eigenvalue weighted by atomic mass is 16.5. The van der Waals surface area contributed by atoms with Gasteiger partial charge in [0.1, 0.15) is 11.8 Å². The quantitative estimate of drug-likeness (QED) is 0.846. The predicted octanol–water partition coefficient (Wildman–Crippen LogP) is 3.16. The van der Waals surface area contributed by atoms with Crippen molar-refractivity contribution in [2.45, 2.75) is 26.2 Å². The fourth-order valence-corrected chi connectivity index (χ4v) is 1.99. The Morgan fingerprint density at radius 2 is 2.05 bits per heavy atom. The van der Waals surface area contributed by atoms with E-state index in [4.69, 9.17) is 14.4 Å². The van der Waals surface area contributed by atoms with Crippen LogP contribution in [0, 0.1) is 11.3 Å². The van der Waals surface area contributed by atoms with E-state index < -0.39 is 0 Å². The zero-order valence-electron chi connectivity index (χ0n) is 12.3. The number of hydrogen-bond acceptors (Lipinski definition) is 5. The van der Waals surface area contributed by atoms with Gasteiger partial charge in [-0.1, -0.05) is 19.1 Å². The van der Waals surface area contributed by atoms with Crippen LogP contribution < -0.4 is 10.1 Å². The highest BCUT2D eigenvalue weighted by Crippen LogP contribution is 2.18. The van der Waals surface area contributed by atoms with Crippen molar-refractivity contribution in [3.63, 3.8) is 0 Å². The van der Waals surface area contributed by atoms with Crippen LogP contribution in [-0.4, -0.2) is 18.6 Å². The Hall–Kier alpha value is -2.48. The molecule has 0 spiro atoms. The first-order valence-electron chi connectivity index (χ1n) is 7.03. The monoisotopic (exact) mass is 285 g/mol. The number of nitriles is 1. The van der Waals surface area contributed by atoms with Gasteiger partial charge in [0.2, 0.25) is 11.6 Å². The number of oxazole rings is 1. The molecule has 2 rings (SSSR count). The number of nitrogens with zero attached hydrogens (tertiary/aromatic N) is 2. The summed E-state index contributed by atoms with van der Waals surface area (Å²) in [5, 5.41) is 12.2. The highest BCUT2D eigenvalue weighted by molar-refractivity contribution is 5.45. The Morgan fingerprint density at radius 1 is 1.29 bits per heavy atom. The van der Waals surface area contributed by atoms with Crippen molar-refractivity contribution in [3.8, 4) is 11.8 Å². The minimum atomic E-state index is 0.327. The normalized spacial score (nSPS) is 10.1. The number of rotatable bonds is 7. The molecular weight excluding hydrogens is 266 g/mol. The average molecular weight is 285 g/mol. The second kappa shape index (κ2) is 7.34. The third-order valence-electron chi connectivity index (χ3n) is 3.10. The Labute approximate surface area is 124 Å². The lowest BCUT2D eigenvalue weighted by Crippen LogP contribution is -2.05. The third-order valence-corrected chi connectivity index (χ3v) is 3.10. The molecule has 1 heterocycles. The molecule has 5 heteroatoms. The molecule has 5 nitrogen and oxygen atoms in total. The molecule has 0 bridgehead atoms. The second-order valence-corrected chi connectivity index (χ2v) is 4.67. The number of methoxy groups -OCH3 is 1. The standard InChI is InChI=1S/C16H19N3O2/c1-3-4-15-19-14(11-17)16(21-15)18-10-9-12-5-7-13(20-2)8-6-12/h5-8,18H,3-4,9-10H2,1-2H3. The van der Waals surface area contributed by atoms with E-state index in [1.807, 2.05) is 31.2 Å². The molecule has 0 aliphatic rings. The van der Waals surface area contributed by atoms with Crippen LogP contribution in [0.15, 0.2) is 28.7 Å². The maximum atomic E-state index is 9.05. The van der Waals surface area contributed by atoms with Crippen LogP contribution in [0.3, 0.4) is 0 Å². The molecule has 1 aromatic carbocycles. The van der Waals surface area contributed by atoms with E-state index >= 15 is 0 Å². The molecule has 21 heavy (non-hydrogen) atoms. The van der Waals surface area contributed by atoms with Gasteiger partial charge in [-0.25, -0.2) is 4.98 Å². The Balaban J connectivity index is 1.91. The van der Waals surface area contributed by atoms with Gasteiger partial charge in [-0.05, 0) is 30.5 Å². The van der Waals surface area contributed by atoms with Crippen molar-refractivity contribution < 1.29 is 9.15 Å². The summed E-state index contributed by atoms with van der Waals surface area (Å²) in [6.45, 7) is 2.73. The molecule has 0 saturated carbocycles. The van der Waals surface area contributed by atoms with Crippen LogP contribution in [0.4, 0.5) is 5.88 Å². The smallest absolute Gasteiger partial charge is 0.232 e. The molecule has 1 aromatic heterocycles. The van der Waals surface area contributed by atoms with Crippen molar-refractivity contribution in [1.29, 1.82) is 5.26 Å². The molecule has 0 radical (unpaired) electrons. The van der Waals surface area contributed by atoms with Crippen molar-refractivity contribution in [3.05, 3.63) is 41.4 Å². The Kier molecular flexibility index (Phi) is 5.22. The van der Waals surface area contributed by atoms with Gasteiger partial charge in [-0.15, -0.1) is 0 Å². The van der Waals surface area contributed by atoms with Gasteiger partial charge < -0.3 is 14.5 Å². The van der Waals surface area contributed by atoms with Crippen LogP contribution in [0.2, 0.25) is 0 Å². The topological polar surface area (TPSA) is 71.1 Å². The van der Waals surface area contributed by atoms with E-state index in [0.717, 1.165) is 25.0 Å². The first-order valence-corrected chi connectivity index (χ1v) is 7.03. The minimum Gasteiger partial charge on any atom is -0.497 e. The zero-order chi connectivity index (χ0) is 15.1. The molecule has 0 fully saturated rings. The van der Waals surface area contributed by atoms with Gasteiger partial charge in [0.05, 0.1) is 7.11 Å². The summed E-state index contributed by atoms with van der Waals surface area (Å²) >= 11 is 0. The first-order chi connectivity index (χ1) is 10.3. The number of anilines is 1. The Bertz CT molecular complexity index is 611.